The van der Waals surface area contributed by atoms with Crippen LogP contribution < -0.4 is 5.43 Å². The molecule has 23 heavy (non-hydrogen) atoms. The van der Waals surface area contributed by atoms with Crippen molar-refractivity contribution in [3.8, 4) is 0 Å². The third-order valence-corrected chi connectivity index (χ3v) is 3.89. The van der Waals surface area contributed by atoms with E-state index in [0.29, 0.717) is 5.69 Å². The first-order valence-corrected chi connectivity index (χ1v) is 7.89. The molecule has 3 rings (SSSR count). The van der Waals surface area contributed by atoms with E-state index in [1.54, 1.807) is 6.07 Å². The summed E-state index contributed by atoms with van der Waals surface area (Å²) < 4.78 is 0.965. The van der Waals surface area contributed by atoms with Crippen molar-refractivity contribution >= 4 is 38.5 Å². The first kappa shape index (κ1) is 15.4. The van der Waals surface area contributed by atoms with Gasteiger partial charge in [0.2, 0.25) is 0 Å². The van der Waals surface area contributed by atoms with Crippen molar-refractivity contribution in [1.29, 1.82) is 0 Å². The highest BCUT2D eigenvalue weighted by Crippen LogP contribution is 2.13. The van der Waals surface area contributed by atoms with E-state index in [1.165, 1.54) is 0 Å². The zero-order valence-corrected chi connectivity index (χ0v) is 14.0. The smallest absolute Gasteiger partial charge is 0.266 e. The van der Waals surface area contributed by atoms with Crippen molar-refractivity contribution < 1.29 is 4.79 Å². The van der Waals surface area contributed by atoms with Crippen molar-refractivity contribution in [3.63, 3.8) is 0 Å². The molecule has 5 heteroatoms. The summed E-state index contributed by atoms with van der Waals surface area (Å²) in [5.74, 6) is -0.329. The highest BCUT2D eigenvalue weighted by molar-refractivity contribution is 9.10. The zero-order chi connectivity index (χ0) is 16.2. The van der Waals surface area contributed by atoms with Gasteiger partial charge >= 0.3 is 0 Å². The fourth-order valence-electron chi connectivity index (χ4n) is 2.16. The Balaban J connectivity index is 1.79. The minimum absolute atomic E-state index is 0.329. The van der Waals surface area contributed by atoms with Gasteiger partial charge in [0.15, 0.2) is 0 Å². The summed E-state index contributed by atoms with van der Waals surface area (Å²) >= 11 is 3.42. The van der Waals surface area contributed by atoms with E-state index in [1.807, 2.05) is 61.5 Å². The number of hydrogen-bond donors (Lipinski definition) is 1. The number of para-hydroxylation sites is 1. The van der Waals surface area contributed by atoms with Crippen LogP contribution in [-0.2, 0) is 0 Å². The van der Waals surface area contributed by atoms with E-state index < -0.39 is 0 Å². The lowest BCUT2D eigenvalue weighted by Crippen LogP contribution is -2.20. The Morgan fingerprint density at radius 2 is 1.91 bits per heavy atom. The third kappa shape index (κ3) is 3.63. The van der Waals surface area contributed by atoms with Gasteiger partial charge in [-0.1, -0.05) is 52.3 Å². The summed E-state index contributed by atoms with van der Waals surface area (Å²) in [5, 5.41) is 5.15. The molecule has 0 spiro atoms. The highest BCUT2D eigenvalue weighted by atomic mass is 79.9. The molecule has 0 bridgehead atoms. The number of rotatable bonds is 3. The van der Waals surface area contributed by atoms with Crippen LogP contribution in [0.5, 0.6) is 0 Å². The van der Waals surface area contributed by atoms with Gasteiger partial charge in [-0.15, -0.1) is 0 Å². The van der Waals surface area contributed by atoms with Crippen LogP contribution in [0.2, 0.25) is 0 Å². The van der Waals surface area contributed by atoms with Crippen molar-refractivity contribution in [1.82, 2.24) is 10.4 Å². The molecule has 0 aliphatic rings. The van der Waals surface area contributed by atoms with Crippen LogP contribution in [0, 0.1) is 0 Å². The Labute approximate surface area is 142 Å². The molecule has 1 heterocycles. The fourth-order valence-corrected chi connectivity index (χ4v) is 2.56. The number of aromatic nitrogens is 1. The van der Waals surface area contributed by atoms with E-state index in [9.17, 15) is 4.79 Å². The van der Waals surface area contributed by atoms with Gasteiger partial charge in [-0.3, -0.25) is 4.79 Å². The molecule has 1 amide bonds. The Morgan fingerprint density at radius 3 is 2.74 bits per heavy atom. The summed E-state index contributed by atoms with van der Waals surface area (Å²) in [7, 11) is 0. The van der Waals surface area contributed by atoms with Crippen LogP contribution in [0.15, 0.2) is 70.2 Å². The molecule has 1 N–H and O–H groups in total. The van der Waals surface area contributed by atoms with E-state index in [0.717, 1.165) is 26.7 Å². The number of fused-ring (bicyclic) bond motifs is 1. The molecule has 0 atom stereocenters. The number of nitrogens with one attached hydrogen (secondary N) is 1. The standard InChI is InChI=1S/C18H14BrN3O/c1-12(14-6-4-7-15(19)11-14)21-22-18(23)17-10-9-13-5-2-3-8-16(13)20-17/h2-11H,1H3,(H,22,23). The Bertz CT molecular complexity index is 905. The monoisotopic (exact) mass is 367 g/mol. The van der Waals surface area contributed by atoms with Crippen LogP contribution in [0.1, 0.15) is 23.0 Å². The van der Waals surface area contributed by atoms with Gasteiger partial charge in [0.05, 0.1) is 11.2 Å². The molecule has 0 radical (unpaired) electrons. The van der Waals surface area contributed by atoms with Crippen molar-refractivity contribution in [3.05, 3.63) is 76.4 Å². The first-order valence-electron chi connectivity index (χ1n) is 7.10. The molecule has 2 aromatic carbocycles. The molecular formula is C18H14BrN3O. The minimum atomic E-state index is -0.329. The molecule has 0 unspecified atom stereocenters. The molecule has 0 aliphatic carbocycles. The predicted molar refractivity (Wildman–Crippen MR) is 95.6 cm³/mol. The third-order valence-electron chi connectivity index (χ3n) is 3.40. The number of amides is 1. The average Bonchev–Trinajstić information content (AvgIpc) is 2.59. The van der Waals surface area contributed by atoms with Crippen molar-refractivity contribution in [2.24, 2.45) is 5.10 Å². The number of pyridine rings is 1. The quantitative estimate of drug-likeness (QED) is 0.558. The lowest BCUT2D eigenvalue weighted by molar-refractivity contribution is 0.0950. The second-order valence-electron chi connectivity index (χ2n) is 5.04. The van der Waals surface area contributed by atoms with Gasteiger partial charge in [0.1, 0.15) is 5.69 Å². The molecule has 4 nitrogen and oxygen atoms in total. The van der Waals surface area contributed by atoms with E-state index in [4.69, 9.17) is 0 Å². The van der Waals surface area contributed by atoms with Gasteiger partial charge in [0.25, 0.3) is 5.91 Å². The van der Waals surface area contributed by atoms with Crippen LogP contribution in [0.25, 0.3) is 10.9 Å². The molecule has 3 aromatic rings. The minimum Gasteiger partial charge on any atom is -0.266 e. The van der Waals surface area contributed by atoms with Gasteiger partial charge in [-0.25, -0.2) is 10.4 Å². The number of hydrogen-bond acceptors (Lipinski definition) is 3. The molecule has 0 saturated heterocycles. The first-order chi connectivity index (χ1) is 11.1. The number of carbonyl (C=O) groups is 1. The second-order valence-corrected chi connectivity index (χ2v) is 5.95. The van der Waals surface area contributed by atoms with E-state index in [2.05, 4.69) is 31.4 Å². The van der Waals surface area contributed by atoms with Crippen LogP contribution >= 0.6 is 15.9 Å². The summed E-state index contributed by atoms with van der Waals surface area (Å²) in [6.07, 6.45) is 0. The molecular weight excluding hydrogens is 354 g/mol. The normalized spacial score (nSPS) is 11.5. The maximum Gasteiger partial charge on any atom is 0.289 e. The SMILES string of the molecule is CC(=NNC(=O)c1ccc2ccccc2n1)c1cccc(Br)c1. The van der Waals surface area contributed by atoms with Crippen LogP contribution in [0.3, 0.4) is 0 Å². The van der Waals surface area contributed by atoms with Gasteiger partial charge in [-0.2, -0.15) is 5.10 Å². The highest BCUT2D eigenvalue weighted by Gasteiger charge is 2.07. The van der Waals surface area contributed by atoms with Gasteiger partial charge in [0, 0.05) is 9.86 Å². The predicted octanol–water partition coefficient (Wildman–Crippen LogP) is 4.15. The molecule has 0 saturated carbocycles. The number of benzene rings is 2. The topological polar surface area (TPSA) is 54.4 Å². The molecule has 0 fully saturated rings. The van der Waals surface area contributed by atoms with Gasteiger partial charge < -0.3 is 0 Å². The lowest BCUT2D eigenvalue weighted by Gasteiger charge is -2.04. The largest absolute Gasteiger partial charge is 0.289 e. The average molecular weight is 368 g/mol. The number of carbonyl (C=O) groups excluding carboxylic acids is 1. The van der Waals surface area contributed by atoms with Gasteiger partial charge in [-0.05, 0) is 36.8 Å². The van der Waals surface area contributed by atoms with Crippen LogP contribution in [0.4, 0.5) is 0 Å². The maximum absolute atomic E-state index is 12.2. The summed E-state index contributed by atoms with van der Waals surface area (Å²) in [5.41, 5.74) is 5.34. The number of halogens is 1. The lowest BCUT2D eigenvalue weighted by atomic mass is 10.1. The zero-order valence-electron chi connectivity index (χ0n) is 12.5. The Morgan fingerprint density at radius 1 is 1.09 bits per heavy atom. The molecule has 1 aromatic heterocycles. The Hall–Kier alpha value is -2.53. The molecule has 114 valence electrons. The maximum atomic E-state index is 12.2. The fraction of sp³-hybridized carbons (Fsp3) is 0.0556. The van der Waals surface area contributed by atoms with Crippen molar-refractivity contribution in [2.45, 2.75) is 6.92 Å². The number of nitrogens with zero attached hydrogens (tertiary/aromatic N) is 2. The number of hydrazone groups is 1. The summed E-state index contributed by atoms with van der Waals surface area (Å²) in [6, 6.07) is 19.0. The summed E-state index contributed by atoms with van der Waals surface area (Å²) in [4.78, 5) is 16.6. The second kappa shape index (κ2) is 6.71. The molecule has 0 aliphatic heterocycles. The van der Waals surface area contributed by atoms with Crippen LogP contribution in [-0.4, -0.2) is 16.6 Å². The Kier molecular flexibility index (Phi) is 4.48. The van der Waals surface area contributed by atoms with E-state index in [-0.39, 0.29) is 5.91 Å². The van der Waals surface area contributed by atoms with E-state index >= 15 is 0 Å². The summed E-state index contributed by atoms with van der Waals surface area (Å²) in [6.45, 7) is 1.84. The van der Waals surface area contributed by atoms with Crippen molar-refractivity contribution in [2.75, 3.05) is 0 Å².